The van der Waals surface area contributed by atoms with Crippen LogP contribution < -0.4 is 15.0 Å². The van der Waals surface area contributed by atoms with Crippen LogP contribution in [0.1, 0.15) is 17.3 Å². The number of hydrogen-bond acceptors (Lipinski definition) is 3. The Kier molecular flexibility index (Phi) is 3.84. The van der Waals surface area contributed by atoms with Gasteiger partial charge in [0.25, 0.3) is 5.91 Å². The van der Waals surface area contributed by atoms with Crippen molar-refractivity contribution >= 4 is 34.0 Å². The van der Waals surface area contributed by atoms with E-state index in [9.17, 15) is 9.59 Å². The van der Waals surface area contributed by atoms with Gasteiger partial charge < -0.3 is 10.1 Å². The zero-order valence-corrected chi connectivity index (χ0v) is 14.5. The number of amides is 2. The summed E-state index contributed by atoms with van der Waals surface area (Å²) in [6.07, 6.45) is 0. The van der Waals surface area contributed by atoms with Crippen molar-refractivity contribution in [2.24, 2.45) is 0 Å². The Balaban J connectivity index is 1.62. The highest BCUT2D eigenvalue weighted by atomic mass is 16.5. The lowest BCUT2D eigenvalue weighted by atomic mass is 10.1. The molecular weight excluding hydrogens is 328 g/mol. The highest BCUT2D eigenvalue weighted by molar-refractivity contribution is 6.26. The number of hydrogen-bond donors (Lipinski definition) is 1. The van der Waals surface area contributed by atoms with Gasteiger partial charge in [-0.25, -0.2) is 0 Å². The average molecular weight is 346 g/mol. The number of nitrogens with one attached hydrogen (secondary N) is 1. The van der Waals surface area contributed by atoms with Gasteiger partial charge in [0.2, 0.25) is 5.91 Å². The number of methoxy groups -OCH3 is 1. The first kappa shape index (κ1) is 16.1. The molecule has 1 atom stereocenters. The molecule has 4 rings (SSSR count). The molecule has 5 nitrogen and oxygen atoms in total. The number of carbonyl (C=O) groups is 2. The van der Waals surface area contributed by atoms with E-state index in [4.69, 9.17) is 4.74 Å². The van der Waals surface area contributed by atoms with Crippen LogP contribution >= 0.6 is 0 Å². The molecule has 1 aliphatic heterocycles. The second-order valence-corrected chi connectivity index (χ2v) is 6.25. The van der Waals surface area contributed by atoms with E-state index in [0.29, 0.717) is 17.0 Å². The van der Waals surface area contributed by atoms with Gasteiger partial charge in [0.15, 0.2) is 0 Å². The van der Waals surface area contributed by atoms with Crippen molar-refractivity contribution in [2.45, 2.75) is 13.0 Å². The Labute approximate surface area is 151 Å². The van der Waals surface area contributed by atoms with Gasteiger partial charge in [-0.05, 0) is 48.7 Å². The van der Waals surface area contributed by atoms with Crippen molar-refractivity contribution in [1.82, 2.24) is 0 Å². The van der Waals surface area contributed by atoms with Crippen LogP contribution in [0.2, 0.25) is 0 Å². The van der Waals surface area contributed by atoms with Crippen LogP contribution in [0.5, 0.6) is 5.75 Å². The Morgan fingerprint density at radius 1 is 1.04 bits per heavy atom. The molecule has 0 radical (unpaired) electrons. The molecule has 0 spiro atoms. The minimum Gasteiger partial charge on any atom is -0.497 e. The van der Waals surface area contributed by atoms with Crippen LogP contribution in [-0.2, 0) is 4.79 Å². The lowest BCUT2D eigenvalue weighted by Gasteiger charge is -2.24. The Morgan fingerprint density at radius 3 is 2.42 bits per heavy atom. The molecule has 0 aliphatic carbocycles. The first-order valence-corrected chi connectivity index (χ1v) is 8.40. The van der Waals surface area contributed by atoms with Crippen LogP contribution in [0.15, 0.2) is 60.7 Å². The van der Waals surface area contributed by atoms with E-state index in [2.05, 4.69) is 5.32 Å². The molecular formula is C21H18N2O3. The molecule has 0 aromatic heterocycles. The minimum atomic E-state index is -0.636. The fourth-order valence-electron chi connectivity index (χ4n) is 3.36. The third kappa shape index (κ3) is 2.49. The maximum Gasteiger partial charge on any atom is 0.259 e. The Morgan fingerprint density at radius 2 is 1.73 bits per heavy atom. The van der Waals surface area contributed by atoms with Crippen molar-refractivity contribution in [1.29, 1.82) is 0 Å². The van der Waals surface area contributed by atoms with E-state index in [1.165, 1.54) is 0 Å². The zero-order chi connectivity index (χ0) is 18.3. The monoisotopic (exact) mass is 346 g/mol. The molecule has 2 amide bonds. The molecule has 0 bridgehead atoms. The van der Waals surface area contributed by atoms with Crippen molar-refractivity contribution in [2.75, 3.05) is 17.3 Å². The van der Waals surface area contributed by atoms with Gasteiger partial charge in [-0.15, -0.1) is 0 Å². The fourth-order valence-corrected chi connectivity index (χ4v) is 3.36. The standard InChI is InChI=1S/C21H18N2O3/c1-13(20(24)22-15-9-11-16(26-2)12-10-15)23-18-8-4-6-14-5-3-7-17(19(14)18)21(23)25/h3-13H,1-2H3,(H,22,24)/t13-/m1/s1. The van der Waals surface area contributed by atoms with Crippen molar-refractivity contribution in [3.05, 3.63) is 66.2 Å². The predicted octanol–water partition coefficient (Wildman–Crippen LogP) is 3.84. The smallest absolute Gasteiger partial charge is 0.259 e. The van der Waals surface area contributed by atoms with Gasteiger partial charge in [-0.3, -0.25) is 14.5 Å². The molecule has 3 aromatic carbocycles. The van der Waals surface area contributed by atoms with E-state index >= 15 is 0 Å². The fraction of sp³-hybridized carbons (Fsp3) is 0.143. The second-order valence-electron chi connectivity index (χ2n) is 6.25. The summed E-state index contributed by atoms with van der Waals surface area (Å²) in [4.78, 5) is 27.2. The third-order valence-corrected chi connectivity index (χ3v) is 4.72. The van der Waals surface area contributed by atoms with Crippen LogP contribution in [0.3, 0.4) is 0 Å². The highest BCUT2D eigenvalue weighted by Gasteiger charge is 2.35. The third-order valence-electron chi connectivity index (χ3n) is 4.72. The molecule has 130 valence electrons. The molecule has 1 heterocycles. The lowest BCUT2D eigenvalue weighted by Crippen LogP contribution is -2.44. The molecule has 3 aromatic rings. The summed E-state index contributed by atoms with van der Waals surface area (Å²) in [6, 6.07) is 17.9. The summed E-state index contributed by atoms with van der Waals surface area (Å²) in [5.74, 6) is 0.329. The highest BCUT2D eigenvalue weighted by Crippen LogP contribution is 2.38. The molecule has 0 saturated carbocycles. The second kappa shape index (κ2) is 6.19. The first-order valence-electron chi connectivity index (χ1n) is 8.40. The summed E-state index contributed by atoms with van der Waals surface area (Å²) in [6.45, 7) is 1.74. The summed E-state index contributed by atoms with van der Waals surface area (Å²) in [5.41, 5.74) is 2.08. The van der Waals surface area contributed by atoms with Crippen molar-refractivity contribution < 1.29 is 14.3 Å². The number of rotatable bonds is 4. The Hall–Kier alpha value is -3.34. The van der Waals surface area contributed by atoms with Crippen LogP contribution in [0.4, 0.5) is 11.4 Å². The number of ether oxygens (including phenoxy) is 1. The van der Waals surface area contributed by atoms with Gasteiger partial charge in [0.05, 0.1) is 12.8 Å². The zero-order valence-electron chi connectivity index (χ0n) is 14.5. The largest absolute Gasteiger partial charge is 0.497 e. The topological polar surface area (TPSA) is 58.6 Å². The first-order chi connectivity index (χ1) is 12.6. The summed E-state index contributed by atoms with van der Waals surface area (Å²) < 4.78 is 5.12. The number of carbonyl (C=O) groups excluding carboxylic acids is 2. The molecule has 0 unspecified atom stereocenters. The summed E-state index contributed by atoms with van der Waals surface area (Å²) in [5, 5.41) is 4.77. The molecule has 1 aliphatic rings. The van der Waals surface area contributed by atoms with E-state index in [-0.39, 0.29) is 11.8 Å². The number of nitrogens with zero attached hydrogens (tertiary/aromatic N) is 1. The van der Waals surface area contributed by atoms with Crippen LogP contribution in [0.25, 0.3) is 10.8 Å². The average Bonchev–Trinajstić information content (AvgIpc) is 2.96. The van der Waals surface area contributed by atoms with Gasteiger partial charge >= 0.3 is 0 Å². The number of anilines is 2. The van der Waals surface area contributed by atoms with Crippen molar-refractivity contribution in [3.8, 4) is 5.75 Å². The van der Waals surface area contributed by atoms with Gasteiger partial charge in [0, 0.05) is 16.6 Å². The van der Waals surface area contributed by atoms with Crippen LogP contribution in [0, 0.1) is 0 Å². The Bertz CT molecular complexity index is 1010. The van der Waals surface area contributed by atoms with E-state index in [1.807, 2.05) is 36.4 Å². The van der Waals surface area contributed by atoms with Crippen LogP contribution in [-0.4, -0.2) is 25.0 Å². The van der Waals surface area contributed by atoms with E-state index in [0.717, 1.165) is 16.5 Å². The van der Waals surface area contributed by atoms with Gasteiger partial charge in [-0.1, -0.05) is 24.3 Å². The normalized spacial score (nSPS) is 13.8. The number of benzene rings is 3. The predicted molar refractivity (Wildman–Crippen MR) is 102 cm³/mol. The molecule has 1 N–H and O–H groups in total. The van der Waals surface area contributed by atoms with E-state index < -0.39 is 6.04 Å². The molecule has 0 fully saturated rings. The maximum atomic E-state index is 12.9. The SMILES string of the molecule is COc1ccc(NC(=O)[C@@H](C)N2C(=O)c3cccc4cccc2c34)cc1. The molecule has 5 heteroatoms. The minimum absolute atomic E-state index is 0.144. The maximum absolute atomic E-state index is 12.9. The summed E-state index contributed by atoms with van der Waals surface area (Å²) >= 11 is 0. The van der Waals surface area contributed by atoms with Crippen molar-refractivity contribution in [3.63, 3.8) is 0 Å². The van der Waals surface area contributed by atoms with Gasteiger partial charge in [0.1, 0.15) is 11.8 Å². The molecule has 0 saturated heterocycles. The summed E-state index contributed by atoms with van der Waals surface area (Å²) in [7, 11) is 1.59. The van der Waals surface area contributed by atoms with Gasteiger partial charge in [-0.2, -0.15) is 0 Å². The van der Waals surface area contributed by atoms with E-state index in [1.54, 1.807) is 43.2 Å². The quantitative estimate of drug-likeness (QED) is 0.781. The lowest BCUT2D eigenvalue weighted by molar-refractivity contribution is -0.117. The molecule has 26 heavy (non-hydrogen) atoms.